The Balaban J connectivity index is 0.00000364. The Labute approximate surface area is 180 Å². The molecule has 0 aromatic heterocycles. The van der Waals surface area contributed by atoms with Gasteiger partial charge in [-0.05, 0) is 38.2 Å². The second kappa shape index (κ2) is 12.0. The van der Waals surface area contributed by atoms with Gasteiger partial charge in [0.2, 0.25) is 0 Å². The van der Waals surface area contributed by atoms with Gasteiger partial charge in [0, 0.05) is 32.7 Å². The van der Waals surface area contributed by atoms with Gasteiger partial charge in [0.1, 0.15) is 0 Å². The van der Waals surface area contributed by atoms with E-state index in [1.165, 1.54) is 11.1 Å². The topological polar surface area (TPSA) is 66.0 Å². The van der Waals surface area contributed by atoms with E-state index in [1.807, 2.05) is 6.92 Å². The Bertz CT molecular complexity index is 599. The monoisotopic (exact) mass is 488 g/mol. The van der Waals surface area contributed by atoms with Crippen molar-refractivity contribution in [3.8, 4) is 0 Å². The summed E-state index contributed by atoms with van der Waals surface area (Å²) in [6.07, 6.45) is 1.58. The highest BCUT2D eigenvalue weighted by Gasteiger charge is 2.24. The van der Waals surface area contributed by atoms with Crippen LogP contribution >= 0.6 is 24.0 Å². The number of carbonyl (C=O) groups excluding carboxylic acids is 1. The number of hydrogen-bond acceptors (Lipinski definition) is 3. The molecule has 2 N–H and O–H groups in total. The van der Waals surface area contributed by atoms with Crippen LogP contribution in [0.4, 0.5) is 4.79 Å². The lowest BCUT2D eigenvalue weighted by Crippen LogP contribution is -2.50. The molecule has 1 saturated heterocycles. The van der Waals surface area contributed by atoms with E-state index in [0.29, 0.717) is 31.7 Å². The summed E-state index contributed by atoms with van der Waals surface area (Å²) in [4.78, 5) is 17.9. The van der Waals surface area contributed by atoms with Gasteiger partial charge in [-0.2, -0.15) is 0 Å². The van der Waals surface area contributed by atoms with E-state index in [0.717, 1.165) is 25.3 Å². The smallest absolute Gasteiger partial charge is 0.409 e. The number of guanidine groups is 1. The van der Waals surface area contributed by atoms with Gasteiger partial charge in [-0.15, -0.1) is 24.0 Å². The summed E-state index contributed by atoms with van der Waals surface area (Å²) in [6, 6.07) is 8.99. The number of carbonyl (C=O) groups is 1. The fourth-order valence-corrected chi connectivity index (χ4v) is 3.07. The number of aryl methyl sites for hydroxylation is 1. The molecule has 1 atom stereocenters. The van der Waals surface area contributed by atoms with Gasteiger partial charge in [0.05, 0.1) is 6.61 Å². The fourth-order valence-electron chi connectivity index (χ4n) is 3.07. The lowest BCUT2D eigenvalue weighted by molar-refractivity contribution is 0.0963. The molecular formula is C20H33IN4O2. The molecule has 1 unspecified atom stereocenters. The molecule has 0 radical (unpaired) electrons. The zero-order valence-corrected chi connectivity index (χ0v) is 19.2. The highest BCUT2D eigenvalue weighted by molar-refractivity contribution is 14.0. The number of nitrogens with one attached hydrogen (secondary N) is 2. The molecule has 0 bridgehead atoms. The third-order valence-corrected chi connectivity index (χ3v) is 4.81. The summed E-state index contributed by atoms with van der Waals surface area (Å²) in [5.41, 5.74) is 2.60. The summed E-state index contributed by atoms with van der Waals surface area (Å²) in [5, 5.41) is 6.89. The lowest BCUT2D eigenvalue weighted by Gasteiger charge is -2.32. The molecule has 27 heavy (non-hydrogen) atoms. The summed E-state index contributed by atoms with van der Waals surface area (Å²) >= 11 is 0. The van der Waals surface area contributed by atoms with Crippen molar-refractivity contribution in [3.63, 3.8) is 0 Å². The molecule has 0 saturated carbocycles. The Morgan fingerprint density at radius 1 is 1.30 bits per heavy atom. The van der Waals surface area contributed by atoms with Crippen LogP contribution in [0.5, 0.6) is 0 Å². The molecule has 6 nitrogen and oxygen atoms in total. The van der Waals surface area contributed by atoms with Gasteiger partial charge in [-0.3, -0.25) is 4.99 Å². The number of amides is 1. The molecule has 0 aliphatic carbocycles. The van der Waals surface area contributed by atoms with E-state index < -0.39 is 0 Å². The Morgan fingerprint density at radius 2 is 1.93 bits per heavy atom. The van der Waals surface area contributed by atoms with E-state index >= 15 is 0 Å². The number of benzene rings is 1. The highest BCUT2D eigenvalue weighted by atomic mass is 127. The number of aliphatic imine (C=N–C) groups is 1. The maximum atomic E-state index is 11.8. The fraction of sp³-hybridized carbons (Fsp3) is 0.600. The summed E-state index contributed by atoms with van der Waals surface area (Å²) in [5.74, 6) is 1.22. The van der Waals surface area contributed by atoms with Crippen LogP contribution < -0.4 is 10.6 Å². The third kappa shape index (κ3) is 7.56. The van der Waals surface area contributed by atoms with Crippen molar-refractivity contribution in [2.45, 2.75) is 45.6 Å². The number of hydrogen-bond donors (Lipinski definition) is 2. The van der Waals surface area contributed by atoms with Gasteiger partial charge in [-0.1, -0.05) is 36.8 Å². The van der Waals surface area contributed by atoms with Crippen molar-refractivity contribution >= 4 is 36.0 Å². The first kappa shape index (κ1) is 23.5. The van der Waals surface area contributed by atoms with Crippen LogP contribution in [0.25, 0.3) is 0 Å². The number of halogens is 1. The molecule has 0 spiro atoms. The third-order valence-electron chi connectivity index (χ3n) is 4.81. The molecule has 1 aliphatic rings. The first-order valence-electron chi connectivity index (χ1n) is 9.49. The SMILES string of the molecule is CCOC(=O)N1CCC(NC(=NC)NCC(C)c2ccc(C)cc2)CC1.I. The predicted octanol–water partition coefficient (Wildman–Crippen LogP) is 3.50. The summed E-state index contributed by atoms with van der Waals surface area (Å²) in [7, 11) is 1.79. The maximum absolute atomic E-state index is 11.8. The molecular weight excluding hydrogens is 455 g/mol. The van der Waals surface area contributed by atoms with Crippen LogP contribution in [0.3, 0.4) is 0 Å². The van der Waals surface area contributed by atoms with Crippen LogP contribution in [0.2, 0.25) is 0 Å². The maximum Gasteiger partial charge on any atom is 0.409 e. The van der Waals surface area contributed by atoms with Gasteiger partial charge in [0.25, 0.3) is 0 Å². The van der Waals surface area contributed by atoms with Crippen molar-refractivity contribution in [3.05, 3.63) is 35.4 Å². The first-order valence-corrected chi connectivity index (χ1v) is 9.49. The second-order valence-corrected chi connectivity index (χ2v) is 6.87. The van der Waals surface area contributed by atoms with Crippen LogP contribution in [0.1, 0.15) is 43.7 Å². The number of piperidine rings is 1. The van der Waals surface area contributed by atoms with E-state index in [9.17, 15) is 4.79 Å². The molecule has 152 valence electrons. The van der Waals surface area contributed by atoms with Gasteiger partial charge < -0.3 is 20.3 Å². The normalized spacial score (nSPS) is 16.3. The largest absolute Gasteiger partial charge is 0.450 e. The molecule has 1 aliphatic heterocycles. The van der Waals surface area contributed by atoms with Crippen molar-refractivity contribution < 1.29 is 9.53 Å². The van der Waals surface area contributed by atoms with Gasteiger partial charge >= 0.3 is 6.09 Å². The van der Waals surface area contributed by atoms with Gasteiger partial charge in [0.15, 0.2) is 5.96 Å². The standard InChI is InChI=1S/C20H32N4O2.HI/c1-5-26-20(25)24-12-10-18(11-13-24)23-19(21-4)22-14-16(3)17-8-6-15(2)7-9-17;/h6-9,16,18H,5,10-14H2,1-4H3,(H2,21,22,23);1H. The zero-order valence-electron chi connectivity index (χ0n) is 16.8. The second-order valence-electron chi connectivity index (χ2n) is 6.87. The quantitative estimate of drug-likeness (QED) is 0.379. The van der Waals surface area contributed by atoms with Crippen LogP contribution in [0, 0.1) is 6.92 Å². The van der Waals surface area contributed by atoms with E-state index in [4.69, 9.17) is 4.74 Å². The Morgan fingerprint density at radius 3 is 2.48 bits per heavy atom. The average molecular weight is 488 g/mol. The minimum Gasteiger partial charge on any atom is -0.450 e. The molecule has 7 heteroatoms. The van der Waals surface area contributed by atoms with E-state index in [2.05, 4.69) is 53.7 Å². The van der Waals surface area contributed by atoms with Crippen molar-refractivity contribution in [1.29, 1.82) is 0 Å². The van der Waals surface area contributed by atoms with Crippen molar-refractivity contribution in [1.82, 2.24) is 15.5 Å². The van der Waals surface area contributed by atoms with E-state index in [1.54, 1.807) is 11.9 Å². The van der Waals surface area contributed by atoms with Crippen LogP contribution in [-0.2, 0) is 4.74 Å². The number of ether oxygens (including phenoxy) is 1. The number of likely N-dealkylation sites (tertiary alicyclic amines) is 1. The van der Waals surface area contributed by atoms with Gasteiger partial charge in [-0.25, -0.2) is 4.79 Å². The summed E-state index contributed by atoms with van der Waals surface area (Å²) in [6.45, 7) is 8.83. The Kier molecular flexibility index (Phi) is 10.5. The minimum atomic E-state index is -0.208. The molecule has 1 aromatic rings. The summed E-state index contributed by atoms with van der Waals surface area (Å²) < 4.78 is 5.06. The predicted molar refractivity (Wildman–Crippen MR) is 121 cm³/mol. The van der Waals surface area contributed by atoms with E-state index in [-0.39, 0.29) is 30.1 Å². The van der Waals surface area contributed by atoms with Crippen LogP contribution in [-0.4, -0.2) is 56.3 Å². The minimum absolute atomic E-state index is 0. The lowest BCUT2D eigenvalue weighted by atomic mass is 10.00. The number of rotatable bonds is 5. The molecule has 1 heterocycles. The van der Waals surface area contributed by atoms with Crippen molar-refractivity contribution in [2.75, 3.05) is 33.3 Å². The average Bonchev–Trinajstić information content (AvgIpc) is 2.66. The molecule has 2 rings (SSSR count). The Hall–Kier alpha value is -1.51. The highest BCUT2D eigenvalue weighted by Crippen LogP contribution is 2.15. The first-order chi connectivity index (χ1) is 12.5. The zero-order chi connectivity index (χ0) is 18.9. The number of nitrogens with zero attached hydrogens (tertiary/aromatic N) is 2. The van der Waals surface area contributed by atoms with Crippen LogP contribution in [0.15, 0.2) is 29.3 Å². The molecule has 1 amide bonds. The van der Waals surface area contributed by atoms with Crippen molar-refractivity contribution in [2.24, 2.45) is 4.99 Å². The molecule has 1 fully saturated rings. The molecule has 1 aromatic carbocycles.